The molecule has 130 valence electrons. The van der Waals surface area contributed by atoms with Gasteiger partial charge in [0.2, 0.25) is 0 Å². The fourth-order valence-corrected chi connectivity index (χ4v) is 2.04. The largest absolute Gasteiger partial charge is 0.417 e. The van der Waals surface area contributed by atoms with E-state index in [0.717, 1.165) is 18.3 Å². The third-order valence-electron chi connectivity index (χ3n) is 3.30. The molecule has 1 amide bonds. The van der Waals surface area contributed by atoms with Crippen molar-refractivity contribution in [1.82, 2.24) is 5.43 Å². The molecule has 0 aliphatic rings. The molecular formula is C16H12F3N3O3. The zero-order chi connectivity index (χ0) is 18.6. The molecule has 0 unspecified atom stereocenters. The lowest BCUT2D eigenvalue weighted by Crippen LogP contribution is -2.18. The van der Waals surface area contributed by atoms with Crippen molar-refractivity contribution in [3.05, 3.63) is 74.8 Å². The van der Waals surface area contributed by atoms with E-state index in [2.05, 4.69) is 10.5 Å². The number of nitrogens with zero attached hydrogens (tertiary/aromatic N) is 2. The number of amides is 1. The van der Waals surface area contributed by atoms with Crippen LogP contribution in [0.2, 0.25) is 0 Å². The average Bonchev–Trinajstić information content (AvgIpc) is 2.54. The highest BCUT2D eigenvalue weighted by Crippen LogP contribution is 2.31. The summed E-state index contributed by atoms with van der Waals surface area (Å²) in [6.07, 6.45) is -3.69. The summed E-state index contributed by atoms with van der Waals surface area (Å²) in [7, 11) is 0. The third kappa shape index (κ3) is 4.40. The summed E-state index contributed by atoms with van der Waals surface area (Å²) >= 11 is 0. The highest BCUT2D eigenvalue weighted by Gasteiger charge is 2.32. The zero-order valence-corrected chi connectivity index (χ0v) is 12.9. The number of benzene rings is 2. The number of aryl methyl sites for hydroxylation is 1. The molecule has 0 saturated carbocycles. The monoisotopic (exact) mass is 351 g/mol. The number of carbonyl (C=O) groups is 1. The van der Waals surface area contributed by atoms with Crippen molar-refractivity contribution in [3.8, 4) is 0 Å². The highest BCUT2D eigenvalue weighted by molar-refractivity contribution is 5.95. The van der Waals surface area contributed by atoms with Crippen LogP contribution in [0.5, 0.6) is 0 Å². The maximum absolute atomic E-state index is 12.8. The fourth-order valence-electron chi connectivity index (χ4n) is 2.04. The minimum absolute atomic E-state index is 0.0291. The summed E-state index contributed by atoms with van der Waals surface area (Å²) in [6, 6.07) is 8.57. The smallest absolute Gasteiger partial charge is 0.267 e. The summed E-state index contributed by atoms with van der Waals surface area (Å²) in [5.41, 5.74) is 1.06. The Morgan fingerprint density at radius 1 is 1.24 bits per heavy atom. The first kappa shape index (κ1) is 18.1. The number of hydrogen-bond donors (Lipinski definition) is 1. The van der Waals surface area contributed by atoms with Gasteiger partial charge in [0.1, 0.15) is 0 Å². The van der Waals surface area contributed by atoms with Crippen molar-refractivity contribution in [2.45, 2.75) is 13.1 Å². The molecule has 25 heavy (non-hydrogen) atoms. The van der Waals surface area contributed by atoms with Crippen molar-refractivity contribution in [2.24, 2.45) is 5.10 Å². The molecule has 0 aromatic heterocycles. The first-order chi connectivity index (χ1) is 11.7. The Bertz CT molecular complexity index is 848. The Labute approximate surface area is 140 Å². The van der Waals surface area contributed by atoms with Gasteiger partial charge in [0.25, 0.3) is 11.6 Å². The van der Waals surface area contributed by atoms with E-state index in [4.69, 9.17) is 0 Å². The number of hydrazone groups is 1. The minimum atomic E-state index is -4.55. The topological polar surface area (TPSA) is 84.6 Å². The average molecular weight is 351 g/mol. The van der Waals surface area contributed by atoms with Gasteiger partial charge < -0.3 is 0 Å². The second kappa shape index (κ2) is 7.12. The van der Waals surface area contributed by atoms with Gasteiger partial charge in [0.05, 0.1) is 16.7 Å². The molecule has 0 spiro atoms. The van der Waals surface area contributed by atoms with Crippen molar-refractivity contribution in [1.29, 1.82) is 0 Å². The summed E-state index contributed by atoms with van der Waals surface area (Å²) in [5, 5.41) is 14.4. The Balaban J connectivity index is 2.17. The maximum Gasteiger partial charge on any atom is 0.417 e. The second-order valence-electron chi connectivity index (χ2n) is 5.04. The number of nitrogens with one attached hydrogen (secondary N) is 1. The number of rotatable bonds is 4. The summed E-state index contributed by atoms with van der Waals surface area (Å²) in [6.45, 7) is 1.52. The number of carbonyl (C=O) groups excluding carboxylic acids is 1. The van der Waals surface area contributed by atoms with E-state index < -0.39 is 22.6 Å². The molecule has 6 nitrogen and oxygen atoms in total. The van der Waals surface area contributed by atoms with E-state index in [-0.39, 0.29) is 16.8 Å². The zero-order valence-electron chi connectivity index (χ0n) is 12.9. The number of nitro groups is 1. The standard InChI is InChI=1S/C16H12F3N3O3/c1-10-6-7-11(8-14(10)22(24)25)15(23)21-20-9-12-4-2-3-5-13(12)16(17,18)19/h2-9H,1H3,(H,21,23). The van der Waals surface area contributed by atoms with E-state index >= 15 is 0 Å². The van der Waals surface area contributed by atoms with Crippen LogP contribution < -0.4 is 5.43 Å². The van der Waals surface area contributed by atoms with Gasteiger partial charge in [-0.15, -0.1) is 0 Å². The van der Waals surface area contributed by atoms with Crippen LogP contribution in [0.3, 0.4) is 0 Å². The Morgan fingerprint density at radius 2 is 1.92 bits per heavy atom. The van der Waals surface area contributed by atoms with Gasteiger partial charge in [-0.1, -0.05) is 24.3 Å². The van der Waals surface area contributed by atoms with Gasteiger partial charge in [0.15, 0.2) is 0 Å². The molecule has 2 aromatic carbocycles. The van der Waals surface area contributed by atoms with Crippen LogP contribution in [-0.2, 0) is 6.18 Å². The van der Waals surface area contributed by atoms with Crippen LogP contribution in [0.15, 0.2) is 47.6 Å². The number of alkyl halides is 3. The van der Waals surface area contributed by atoms with Gasteiger partial charge in [0, 0.05) is 22.8 Å². The number of halogens is 3. The molecule has 0 heterocycles. The van der Waals surface area contributed by atoms with Crippen LogP contribution in [0.25, 0.3) is 0 Å². The molecule has 2 aromatic rings. The van der Waals surface area contributed by atoms with Gasteiger partial charge in [-0.05, 0) is 19.1 Å². The molecule has 0 bridgehead atoms. The molecular weight excluding hydrogens is 339 g/mol. The predicted molar refractivity (Wildman–Crippen MR) is 84.3 cm³/mol. The lowest BCUT2D eigenvalue weighted by molar-refractivity contribution is -0.385. The van der Waals surface area contributed by atoms with Gasteiger partial charge in [-0.2, -0.15) is 18.3 Å². The van der Waals surface area contributed by atoms with E-state index in [1.165, 1.54) is 37.3 Å². The second-order valence-corrected chi connectivity index (χ2v) is 5.04. The van der Waals surface area contributed by atoms with Crippen LogP contribution in [0.4, 0.5) is 18.9 Å². The number of hydrogen-bond acceptors (Lipinski definition) is 4. The lowest BCUT2D eigenvalue weighted by atomic mass is 10.1. The minimum Gasteiger partial charge on any atom is -0.267 e. The van der Waals surface area contributed by atoms with Crippen LogP contribution in [0.1, 0.15) is 27.0 Å². The van der Waals surface area contributed by atoms with Crippen molar-refractivity contribution in [3.63, 3.8) is 0 Å². The molecule has 0 fully saturated rings. The van der Waals surface area contributed by atoms with Gasteiger partial charge in [-0.3, -0.25) is 14.9 Å². The first-order valence-electron chi connectivity index (χ1n) is 6.95. The molecule has 0 aliphatic carbocycles. The lowest BCUT2D eigenvalue weighted by Gasteiger charge is -2.09. The van der Waals surface area contributed by atoms with Crippen molar-refractivity contribution in [2.75, 3.05) is 0 Å². The molecule has 0 atom stereocenters. The van der Waals surface area contributed by atoms with Crippen LogP contribution in [0, 0.1) is 17.0 Å². The number of nitro benzene ring substituents is 1. The predicted octanol–water partition coefficient (Wildman–Crippen LogP) is 3.69. The quantitative estimate of drug-likeness (QED) is 0.518. The molecule has 0 aliphatic heterocycles. The van der Waals surface area contributed by atoms with E-state index in [1.807, 2.05) is 0 Å². The van der Waals surface area contributed by atoms with Crippen molar-refractivity contribution < 1.29 is 22.9 Å². The van der Waals surface area contributed by atoms with Crippen LogP contribution >= 0.6 is 0 Å². The molecule has 9 heteroatoms. The highest BCUT2D eigenvalue weighted by atomic mass is 19.4. The van der Waals surface area contributed by atoms with E-state index in [0.29, 0.717) is 5.56 Å². The van der Waals surface area contributed by atoms with E-state index in [9.17, 15) is 28.1 Å². The molecule has 0 saturated heterocycles. The van der Waals surface area contributed by atoms with Crippen molar-refractivity contribution >= 4 is 17.8 Å². The Kier molecular flexibility index (Phi) is 5.16. The molecule has 1 N–H and O–H groups in total. The molecule has 0 radical (unpaired) electrons. The van der Waals surface area contributed by atoms with E-state index in [1.54, 1.807) is 0 Å². The molecule has 2 rings (SSSR count). The van der Waals surface area contributed by atoms with Gasteiger partial charge >= 0.3 is 6.18 Å². The normalized spacial score (nSPS) is 11.5. The summed E-state index contributed by atoms with van der Waals surface area (Å²) in [5.74, 6) is -0.774. The third-order valence-corrected chi connectivity index (χ3v) is 3.30. The van der Waals surface area contributed by atoms with Gasteiger partial charge in [-0.25, -0.2) is 5.43 Å². The summed E-state index contributed by atoms with van der Waals surface area (Å²) < 4.78 is 38.5. The Hall–Kier alpha value is -3.23. The summed E-state index contributed by atoms with van der Waals surface area (Å²) in [4.78, 5) is 22.2. The maximum atomic E-state index is 12.8. The SMILES string of the molecule is Cc1ccc(C(=O)NN=Cc2ccccc2C(F)(F)F)cc1[N+](=O)[O-]. The fraction of sp³-hybridized carbons (Fsp3) is 0.125. The Morgan fingerprint density at radius 3 is 2.56 bits per heavy atom. The first-order valence-corrected chi connectivity index (χ1v) is 6.95. The van der Waals surface area contributed by atoms with Crippen LogP contribution in [-0.4, -0.2) is 17.0 Å².